The van der Waals surface area contributed by atoms with Crippen molar-refractivity contribution in [2.75, 3.05) is 7.11 Å². The quantitative estimate of drug-likeness (QED) is 0.570. The van der Waals surface area contributed by atoms with Crippen molar-refractivity contribution in [3.63, 3.8) is 0 Å². The summed E-state index contributed by atoms with van der Waals surface area (Å²) in [5.41, 5.74) is -0.0324. The molecule has 1 aromatic heterocycles. The molecule has 0 amide bonds. The first-order valence-corrected chi connectivity index (χ1v) is 2.96. The predicted octanol–water partition coefficient (Wildman–Crippen LogP) is -0.546. The van der Waals surface area contributed by atoms with Gasteiger partial charge in [-0.3, -0.25) is 0 Å². The van der Waals surface area contributed by atoms with Crippen LogP contribution in [0.15, 0.2) is 18.3 Å². The van der Waals surface area contributed by atoms with Crippen molar-refractivity contribution in [2.24, 2.45) is 0 Å². The molecule has 0 N–H and O–H groups in total. The number of aromatic carboxylic acids is 1. The summed E-state index contributed by atoms with van der Waals surface area (Å²) in [6.07, 6.45) is 1.45. The second-order valence-corrected chi connectivity index (χ2v) is 1.85. The molecule has 11 heavy (non-hydrogen) atoms. The summed E-state index contributed by atoms with van der Waals surface area (Å²) in [6, 6.07) is 2.88. The number of carboxylic acids is 1. The molecule has 1 heterocycles. The largest absolute Gasteiger partial charge is 0.545 e. The van der Waals surface area contributed by atoms with E-state index in [0.717, 1.165) is 0 Å². The van der Waals surface area contributed by atoms with Gasteiger partial charge in [0.2, 0.25) is 5.88 Å². The van der Waals surface area contributed by atoms with E-state index in [0.29, 0.717) is 0 Å². The van der Waals surface area contributed by atoms with Gasteiger partial charge in [0, 0.05) is 6.20 Å². The number of ether oxygens (including phenoxy) is 1. The third-order valence-electron chi connectivity index (χ3n) is 1.18. The summed E-state index contributed by atoms with van der Waals surface area (Å²) in [4.78, 5) is 14.0. The zero-order valence-corrected chi connectivity index (χ0v) is 5.90. The van der Waals surface area contributed by atoms with Gasteiger partial charge in [-0.05, 0) is 12.1 Å². The van der Waals surface area contributed by atoms with E-state index in [4.69, 9.17) is 0 Å². The molecule has 0 fully saturated rings. The summed E-state index contributed by atoms with van der Waals surface area (Å²) in [5, 5.41) is 10.3. The topological polar surface area (TPSA) is 62.2 Å². The summed E-state index contributed by atoms with van der Waals surface area (Å²) >= 11 is 0. The van der Waals surface area contributed by atoms with E-state index >= 15 is 0 Å². The Balaban J connectivity index is 3.12. The molecule has 0 bridgehead atoms. The SMILES string of the molecule is COc1ncccc1C(=O)[O-]. The third kappa shape index (κ3) is 1.46. The van der Waals surface area contributed by atoms with E-state index in [1.165, 1.54) is 25.4 Å². The molecular formula is C7H6NO3-. The monoisotopic (exact) mass is 152 g/mol. The number of carboxylic acid groups (broad SMARTS) is 1. The Kier molecular flexibility index (Phi) is 2.06. The molecule has 1 rings (SSSR count). The highest BCUT2D eigenvalue weighted by Gasteiger charge is 2.01. The maximum Gasteiger partial charge on any atom is 0.222 e. The van der Waals surface area contributed by atoms with Crippen LogP contribution < -0.4 is 9.84 Å². The Hall–Kier alpha value is -1.58. The molecule has 0 aliphatic heterocycles. The van der Waals surface area contributed by atoms with Gasteiger partial charge in [0.05, 0.1) is 18.6 Å². The van der Waals surface area contributed by atoms with Crippen molar-refractivity contribution >= 4 is 5.97 Å². The van der Waals surface area contributed by atoms with Crippen molar-refractivity contribution in [1.82, 2.24) is 4.98 Å². The molecule has 0 aliphatic rings. The van der Waals surface area contributed by atoms with Crippen LogP contribution in [0.2, 0.25) is 0 Å². The Labute approximate surface area is 63.5 Å². The highest BCUT2D eigenvalue weighted by atomic mass is 16.5. The molecule has 4 heteroatoms. The highest BCUT2D eigenvalue weighted by molar-refractivity contribution is 5.88. The van der Waals surface area contributed by atoms with Crippen LogP contribution in [-0.2, 0) is 0 Å². The van der Waals surface area contributed by atoms with E-state index in [1.54, 1.807) is 0 Å². The van der Waals surface area contributed by atoms with Crippen LogP contribution in [0.5, 0.6) is 5.88 Å². The Morgan fingerprint density at radius 1 is 1.73 bits per heavy atom. The summed E-state index contributed by atoms with van der Waals surface area (Å²) in [6.45, 7) is 0. The Morgan fingerprint density at radius 3 is 2.91 bits per heavy atom. The summed E-state index contributed by atoms with van der Waals surface area (Å²) in [7, 11) is 1.36. The Morgan fingerprint density at radius 2 is 2.45 bits per heavy atom. The van der Waals surface area contributed by atoms with Gasteiger partial charge in [-0.2, -0.15) is 0 Å². The number of aromatic nitrogens is 1. The van der Waals surface area contributed by atoms with E-state index in [-0.39, 0.29) is 11.4 Å². The van der Waals surface area contributed by atoms with Crippen LogP contribution in [0.1, 0.15) is 10.4 Å². The van der Waals surface area contributed by atoms with Crippen molar-refractivity contribution in [3.8, 4) is 5.88 Å². The van der Waals surface area contributed by atoms with E-state index in [9.17, 15) is 9.90 Å². The normalized spacial score (nSPS) is 9.18. The first-order valence-electron chi connectivity index (χ1n) is 2.96. The smallest absolute Gasteiger partial charge is 0.222 e. The van der Waals surface area contributed by atoms with Crippen LogP contribution >= 0.6 is 0 Å². The fourth-order valence-corrected chi connectivity index (χ4v) is 0.709. The molecule has 0 spiro atoms. The number of nitrogens with zero attached hydrogens (tertiary/aromatic N) is 1. The maximum atomic E-state index is 10.3. The molecule has 0 unspecified atom stereocenters. The molecular weight excluding hydrogens is 146 g/mol. The number of hydrogen-bond donors (Lipinski definition) is 0. The summed E-state index contributed by atoms with van der Waals surface area (Å²) in [5.74, 6) is -1.21. The molecule has 0 aliphatic carbocycles. The minimum Gasteiger partial charge on any atom is -0.545 e. The lowest BCUT2D eigenvalue weighted by atomic mass is 10.3. The Bertz CT molecular complexity index is 272. The van der Waals surface area contributed by atoms with E-state index in [1.807, 2.05) is 0 Å². The van der Waals surface area contributed by atoms with Crippen molar-refractivity contribution < 1.29 is 14.6 Å². The number of rotatable bonds is 2. The van der Waals surface area contributed by atoms with Crippen LogP contribution in [0.3, 0.4) is 0 Å². The van der Waals surface area contributed by atoms with Crippen molar-refractivity contribution in [2.45, 2.75) is 0 Å². The average molecular weight is 152 g/mol. The van der Waals surface area contributed by atoms with Gasteiger partial charge in [-0.15, -0.1) is 0 Å². The molecule has 0 saturated carbocycles. The fraction of sp³-hybridized carbons (Fsp3) is 0.143. The average Bonchev–Trinajstić information content (AvgIpc) is 2.04. The number of methoxy groups -OCH3 is 1. The van der Waals surface area contributed by atoms with Crippen molar-refractivity contribution in [1.29, 1.82) is 0 Å². The van der Waals surface area contributed by atoms with Crippen LogP contribution in [0.25, 0.3) is 0 Å². The van der Waals surface area contributed by atoms with Crippen LogP contribution in [0.4, 0.5) is 0 Å². The lowest BCUT2D eigenvalue weighted by molar-refractivity contribution is -0.255. The fourth-order valence-electron chi connectivity index (χ4n) is 0.709. The molecule has 1 aromatic rings. The van der Waals surface area contributed by atoms with Crippen molar-refractivity contribution in [3.05, 3.63) is 23.9 Å². The van der Waals surface area contributed by atoms with Gasteiger partial charge < -0.3 is 14.6 Å². The summed E-state index contributed by atoms with van der Waals surface area (Å²) < 4.78 is 4.67. The predicted molar refractivity (Wildman–Crippen MR) is 35.1 cm³/mol. The lowest BCUT2D eigenvalue weighted by Crippen LogP contribution is -2.23. The molecule has 0 aromatic carbocycles. The van der Waals surface area contributed by atoms with Gasteiger partial charge in [-0.1, -0.05) is 0 Å². The molecule has 58 valence electrons. The second kappa shape index (κ2) is 3.01. The van der Waals surface area contributed by atoms with Crippen LogP contribution in [-0.4, -0.2) is 18.1 Å². The lowest BCUT2D eigenvalue weighted by Gasteiger charge is -2.05. The molecule has 4 nitrogen and oxygen atoms in total. The van der Waals surface area contributed by atoms with Crippen LogP contribution in [0, 0.1) is 0 Å². The minimum atomic E-state index is -1.28. The van der Waals surface area contributed by atoms with Gasteiger partial charge in [0.15, 0.2) is 0 Å². The first kappa shape index (κ1) is 7.53. The van der Waals surface area contributed by atoms with E-state index in [2.05, 4.69) is 9.72 Å². The van der Waals surface area contributed by atoms with E-state index < -0.39 is 5.97 Å². The van der Waals surface area contributed by atoms with Gasteiger partial charge >= 0.3 is 0 Å². The number of carbonyl (C=O) groups is 1. The minimum absolute atomic E-state index is 0.0324. The van der Waals surface area contributed by atoms with Gasteiger partial charge in [0.25, 0.3) is 0 Å². The second-order valence-electron chi connectivity index (χ2n) is 1.85. The zero-order valence-electron chi connectivity index (χ0n) is 5.90. The number of hydrogen-bond acceptors (Lipinski definition) is 4. The standard InChI is InChI=1S/C7H7NO3/c1-11-6-5(7(9)10)3-2-4-8-6/h2-4H,1H3,(H,9,10)/p-1. The molecule has 0 radical (unpaired) electrons. The molecule has 0 saturated heterocycles. The highest BCUT2D eigenvalue weighted by Crippen LogP contribution is 2.11. The van der Waals surface area contributed by atoms with Gasteiger partial charge in [-0.25, -0.2) is 4.98 Å². The number of carbonyl (C=O) groups excluding carboxylic acids is 1. The zero-order chi connectivity index (χ0) is 8.27. The third-order valence-corrected chi connectivity index (χ3v) is 1.18. The molecule has 0 atom stereocenters. The number of pyridine rings is 1. The van der Waals surface area contributed by atoms with Gasteiger partial charge in [0.1, 0.15) is 0 Å². The first-order chi connectivity index (χ1) is 5.25. The maximum absolute atomic E-state index is 10.3.